The standard InChI is InChI=1S/C26H25N3O6/c1-2-34-26(32)22-23(27-10-12-28(13-11-27)24(30)21-8-5-14-35-21)19-6-3-4-7-20(19)29(25(22)31)16-18-9-15-33-17-18/h3-9,14-15,17H,2,10-13,16H2,1H3. The number of amides is 1. The first-order valence-corrected chi connectivity index (χ1v) is 11.5. The first-order chi connectivity index (χ1) is 17.1. The van der Waals surface area contributed by atoms with E-state index in [0.717, 1.165) is 10.9 Å². The van der Waals surface area contributed by atoms with Gasteiger partial charge in [0, 0.05) is 37.1 Å². The molecule has 0 spiro atoms. The topological polar surface area (TPSA) is 98.1 Å². The normalized spacial score (nSPS) is 13.9. The van der Waals surface area contributed by atoms with E-state index in [2.05, 4.69) is 0 Å². The van der Waals surface area contributed by atoms with Gasteiger partial charge in [-0.05, 0) is 31.2 Å². The van der Waals surface area contributed by atoms with Crippen LogP contribution in [0.3, 0.4) is 0 Å². The molecular weight excluding hydrogens is 450 g/mol. The highest BCUT2D eigenvalue weighted by molar-refractivity contribution is 6.05. The largest absolute Gasteiger partial charge is 0.472 e. The number of pyridine rings is 1. The predicted molar refractivity (Wildman–Crippen MR) is 129 cm³/mol. The number of hydrogen-bond acceptors (Lipinski definition) is 7. The number of esters is 1. The summed E-state index contributed by atoms with van der Waals surface area (Å²) in [5, 5.41) is 0.768. The van der Waals surface area contributed by atoms with Crippen molar-refractivity contribution >= 4 is 28.5 Å². The molecule has 1 saturated heterocycles. The monoisotopic (exact) mass is 475 g/mol. The number of nitrogens with zero attached hydrogens (tertiary/aromatic N) is 3. The minimum Gasteiger partial charge on any atom is -0.472 e. The molecule has 1 amide bonds. The number of rotatable bonds is 6. The molecule has 1 aromatic carbocycles. The zero-order valence-corrected chi connectivity index (χ0v) is 19.3. The predicted octanol–water partition coefficient (Wildman–Crippen LogP) is 3.37. The molecule has 0 aliphatic carbocycles. The van der Waals surface area contributed by atoms with E-state index in [9.17, 15) is 14.4 Å². The summed E-state index contributed by atoms with van der Waals surface area (Å²) in [5.74, 6) is -0.549. The summed E-state index contributed by atoms with van der Waals surface area (Å²) in [4.78, 5) is 43.2. The third kappa shape index (κ3) is 4.21. The Kier molecular flexibility index (Phi) is 6.13. The zero-order chi connectivity index (χ0) is 24.4. The van der Waals surface area contributed by atoms with Crippen LogP contribution in [0.15, 0.2) is 74.9 Å². The molecule has 5 rings (SSSR count). The van der Waals surface area contributed by atoms with Gasteiger partial charge in [-0.1, -0.05) is 18.2 Å². The van der Waals surface area contributed by atoms with Crippen LogP contribution in [0, 0.1) is 0 Å². The summed E-state index contributed by atoms with van der Waals surface area (Å²) in [6.45, 7) is 3.87. The lowest BCUT2D eigenvalue weighted by molar-refractivity contribution is 0.0523. The molecule has 1 aliphatic heterocycles. The number of carbonyl (C=O) groups excluding carboxylic acids is 2. The van der Waals surface area contributed by atoms with Crippen LogP contribution in [0.1, 0.15) is 33.4 Å². The highest BCUT2D eigenvalue weighted by Crippen LogP contribution is 2.31. The van der Waals surface area contributed by atoms with Crippen molar-refractivity contribution in [2.75, 3.05) is 37.7 Å². The van der Waals surface area contributed by atoms with Gasteiger partial charge in [0.25, 0.3) is 11.5 Å². The van der Waals surface area contributed by atoms with Gasteiger partial charge >= 0.3 is 5.97 Å². The van der Waals surface area contributed by atoms with Gasteiger partial charge < -0.3 is 27.9 Å². The highest BCUT2D eigenvalue weighted by Gasteiger charge is 2.30. The van der Waals surface area contributed by atoms with Crippen LogP contribution < -0.4 is 10.5 Å². The fraction of sp³-hybridized carbons (Fsp3) is 0.269. The average molecular weight is 476 g/mol. The SMILES string of the molecule is CCOC(=O)c1c(N2CCN(C(=O)c3ccco3)CC2)c2ccccc2n(Cc2ccoc2)c1=O. The highest BCUT2D eigenvalue weighted by atomic mass is 16.5. The summed E-state index contributed by atoms with van der Waals surface area (Å²) in [6.07, 6.45) is 4.60. The Hall–Kier alpha value is -4.27. The maximum atomic E-state index is 13.7. The van der Waals surface area contributed by atoms with Gasteiger partial charge in [-0.15, -0.1) is 0 Å². The van der Waals surface area contributed by atoms with E-state index in [1.165, 1.54) is 6.26 Å². The summed E-state index contributed by atoms with van der Waals surface area (Å²) in [5.41, 5.74) is 1.63. The van der Waals surface area contributed by atoms with Crippen molar-refractivity contribution in [3.8, 4) is 0 Å². The van der Waals surface area contributed by atoms with E-state index in [0.29, 0.717) is 37.4 Å². The molecule has 0 saturated carbocycles. The second kappa shape index (κ2) is 9.54. The van der Waals surface area contributed by atoms with Crippen molar-refractivity contribution in [1.82, 2.24) is 9.47 Å². The first kappa shape index (κ1) is 22.5. The molecule has 3 aromatic heterocycles. The smallest absolute Gasteiger partial charge is 0.345 e. The Bertz CT molecular complexity index is 1400. The molecule has 0 bridgehead atoms. The maximum absolute atomic E-state index is 13.7. The van der Waals surface area contributed by atoms with E-state index in [4.69, 9.17) is 13.6 Å². The molecule has 35 heavy (non-hydrogen) atoms. The van der Waals surface area contributed by atoms with Crippen molar-refractivity contribution in [3.05, 3.63) is 88.5 Å². The molecule has 0 N–H and O–H groups in total. The Balaban J connectivity index is 1.57. The van der Waals surface area contributed by atoms with E-state index in [1.54, 1.807) is 47.1 Å². The number of benzene rings is 1. The molecule has 4 heterocycles. The average Bonchev–Trinajstić information content (AvgIpc) is 3.60. The Morgan fingerprint density at radius 1 is 1.00 bits per heavy atom. The Morgan fingerprint density at radius 3 is 2.49 bits per heavy atom. The number of carbonyl (C=O) groups is 2. The van der Waals surface area contributed by atoms with Crippen LogP contribution in [0.2, 0.25) is 0 Å². The molecular formula is C26H25N3O6. The number of para-hydroxylation sites is 1. The van der Waals surface area contributed by atoms with Crippen LogP contribution in [0.25, 0.3) is 10.9 Å². The van der Waals surface area contributed by atoms with Crippen molar-refractivity contribution < 1.29 is 23.2 Å². The quantitative estimate of drug-likeness (QED) is 0.394. The van der Waals surface area contributed by atoms with Gasteiger partial charge in [0.05, 0.1) is 43.1 Å². The molecule has 0 radical (unpaired) electrons. The summed E-state index contributed by atoms with van der Waals surface area (Å²) in [7, 11) is 0. The van der Waals surface area contributed by atoms with Gasteiger partial charge in [0.1, 0.15) is 5.56 Å². The minimum absolute atomic E-state index is 0.000133. The lowest BCUT2D eigenvalue weighted by Gasteiger charge is -2.37. The van der Waals surface area contributed by atoms with Gasteiger partial charge in [-0.2, -0.15) is 0 Å². The molecule has 9 nitrogen and oxygen atoms in total. The molecule has 1 aliphatic rings. The number of piperazine rings is 1. The zero-order valence-electron chi connectivity index (χ0n) is 19.3. The summed E-state index contributed by atoms with van der Waals surface area (Å²) < 4.78 is 17.3. The van der Waals surface area contributed by atoms with Gasteiger partial charge in [-0.3, -0.25) is 9.59 Å². The fourth-order valence-electron chi connectivity index (χ4n) is 4.52. The van der Waals surface area contributed by atoms with Crippen molar-refractivity contribution in [2.24, 2.45) is 0 Å². The van der Waals surface area contributed by atoms with Crippen molar-refractivity contribution in [3.63, 3.8) is 0 Å². The van der Waals surface area contributed by atoms with Crippen LogP contribution in [0.5, 0.6) is 0 Å². The summed E-state index contributed by atoms with van der Waals surface area (Å²) >= 11 is 0. The molecule has 0 atom stereocenters. The van der Waals surface area contributed by atoms with Crippen molar-refractivity contribution in [1.29, 1.82) is 0 Å². The minimum atomic E-state index is -0.659. The third-order valence-electron chi connectivity index (χ3n) is 6.16. The summed E-state index contributed by atoms with van der Waals surface area (Å²) in [6, 6.07) is 12.6. The lowest BCUT2D eigenvalue weighted by Crippen LogP contribution is -2.49. The van der Waals surface area contributed by atoms with Gasteiger partial charge in [-0.25, -0.2) is 4.79 Å². The number of furan rings is 2. The second-order valence-electron chi connectivity index (χ2n) is 8.24. The van der Waals surface area contributed by atoms with E-state index in [1.807, 2.05) is 29.2 Å². The Labute approximate surface area is 201 Å². The number of aromatic nitrogens is 1. The number of ether oxygens (including phenoxy) is 1. The van der Waals surface area contributed by atoms with Gasteiger partial charge in [0.15, 0.2) is 5.76 Å². The van der Waals surface area contributed by atoms with Crippen LogP contribution in [-0.4, -0.2) is 54.1 Å². The van der Waals surface area contributed by atoms with E-state index in [-0.39, 0.29) is 30.4 Å². The number of fused-ring (bicyclic) bond motifs is 1. The van der Waals surface area contributed by atoms with E-state index < -0.39 is 11.5 Å². The molecule has 1 fully saturated rings. The molecule has 180 valence electrons. The van der Waals surface area contributed by atoms with E-state index >= 15 is 0 Å². The molecule has 9 heteroatoms. The second-order valence-corrected chi connectivity index (χ2v) is 8.24. The maximum Gasteiger partial charge on any atom is 0.345 e. The van der Waals surface area contributed by atoms with Crippen LogP contribution in [0.4, 0.5) is 5.69 Å². The third-order valence-corrected chi connectivity index (χ3v) is 6.16. The first-order valence-electron chi connectivity index (χ1n) is 11.5. The number of anilines is 1. The van der Waals surface area contributed by atoms with Gasteiger partial charge in [0.2, 0.25) is 0 Å². The molecule has 0 unspecified atom stereocenters. The van der Waals surface area contributed by atoms with Crippen molar-refractivity contribution in [2.45, 2.75) is 13.5 Å². The fourth-order valence-corrected chi connectivity index (χ4v) is 4.52. The molecule has 4 aromatic rings. The van der Waals surface area contributed by atoms with Crippen LogP contribution in [-0.2, 0) is 11.3 Å². The van der Waals surface area contributed by atoms with Crippen LogP contribution >= 0.6 is 0 Å². The lowest BCUT2D eigenvalue weighted by atomic mass is 10.1. The number of hydrogen-bond donors (Lipinski definition) is 0. The Morgan fingerprint density at radius 2 is 1.80 bits per heavy atom.